The fourth-order valence-corrected chi connectivity index (χ4v) is 1.76. The Morgan fingerprint density at radius 1 is 0.619 bits per heavy atom. The normalized spacial score (nSPS) is 12.5. The highest BCUT2D eigenvalue weighted by Crippen LogP contribution is 2.35. The van der Waals surface area contributed by atoms with Crippen LogP contribution in [0.4, 0.5) is 30.7 Å². The minimum Gasteiger partial charge on any atom is -0.206 e. The number of hydrogen-bond donors (Lipinski definition) is 0. The van der Waals surface area contributed by atoms with Crippen LogP contribution in [0, 0.1) is 5.82 Å². The lowest BCUT2D eigenvalue weighted by atomic mass is 10.0. The van der Waals surface area contributed by atoms with Gasteiger partial charge in [-0.05, 0) is 35.9 Å². The minimum absolute atomic E-state index is 0.0633. The van der Waals surface area contributed by atoms with Crippen molar-refractivity contribution in [3.05, 3.63) is 59.4 Å². The molecule has 0 nitrogen and oxygen atoms in total. The van der Waals surface area contributed by atoms with Crippen LogP contribution in [-0.4, -0.2) is 0 Å². The first-order valence-electron chi connectivity index (χ1n) is 5.63. The highest BCUT2D eigenvalue weighted by Gasteiger charge is 2.32. The Morgan fingerprint density at radius 2 is 1.10 bits per heavy atom. The van der Waals surface area contributed by atoms with Crippen LogP contribution in [0.5, 0.6) is 0 Å². The van der Waals surface area contributed by atoms with Crippen molar-refractivity contribution in [3.63, 3.8) is 0 Å². The fraction of sp³-hybridized carbons (Fsp3) is 0.143. The molecule has 0 heterocycles. The van der Waals surface area contributed by atoms with Crippen molar-refractivity contribution in [2.75, 3.05) is 0 Å². The van der Waals surface area contributed by atoms with Gasteiger partial charge in [-0.3, -0.25) is 0 Å². The van der Waals surface area contributed by atoms with Crippen molar-refractivity contribution >= 4 is 0 Å². The second-order valence-corrected chi connectivity index (χ2v) is 4.27. The van der Waals surface area contributed by atoms with E-state index < -0.39 is 34.9 Å². The molecule has 0 saturated carbocycles. The van der Waals surface area contributed by atoms with Gasteiger partial charge in [-0.25, -0.2) is 4.39 Å². The Balaban J connectivity index is 2.47. The quantitative estimate of drug-likeness (QED) is 0.608. The third-order valence-corrected chi connectivity index (χ3v) is 2.82. The van der Waals surface area contributed by atoms with E-state index in [1.54, 1.807) is 0 Å². The van der Waals surface area contributed by atoms with Crippen LogP contribution < -0.4 is 0 Å². The van der Waals surface area contributed by atoms with Crippen molar-refractivity contribution in [1.82, 2.24) is 0 Å². The monoisotopic (exact) mass is 308 g/mol. The van der Waals surface area contributed by atoms with Crippen molar-refractivity contribution < 1.29 is 30.7 Å². The summed E-state index contributed by atoms with van der Waals surface area (Å²) in [5.74, 6) is -0.942. The second-order valence-electron chi connectivity index (χ2n) is 4.27. The Kier molecular flexibility index (Phi) is 3.69. The molecule has 0 fully saturated rings. The highest BCUT2D eigenvalue weighted by atomic mass is 19.4. The summed E-state index contributed by atoms with van der Waals surface area (Å²) in [7, 11) is 0. The standard InChI is InChI=1S/C14H7F7/c15-12-6-5-10(14(19,20)21)7-11(12)8-1-3-9(4-2-8)13(16,17)18/h1-7H. The number of rotatable bonds is 1. The molecule has 0 N–H and O–H groups in total. The average molecular weight is 308 g/mol. The maximum absolute atomic E-state index is 13.6. The number of benzene rings is 2. The molecule has 0 radical (unpaired) electrons. The Hall–Kier alpha value is -2.05. The summed E-state index contributed by atoms with van der Waals surface area (Å²) in [4.78, 5) is 0. The van der Waals surface area contributed by atoms with E-state index in [0.29, 0.717) is 30.3 Å². The fourth-order valence-electron chi connectivity index (χ4n) is 1.76. The predicted molar refractivity (Wildman–Crippen MR) is 61.8 cm³/mol. The van der Waals surface area contributed by atoms with Crippen molar-refractivity contribution in [2.45, 2.75) is 12.4 Å². The first kappa shape index (κ1) is 15.3. The predicted octanol–water partition coefficient (Wildman–Crippen LogP) is 5.53. The first-order valence-corrected chi connectivity index (χ1v) is 5.63. The molecule has 0 aliphatic carbocycles. The molecule has 0 aliphatic heterocycles. The van der Waals surface area contributed by atoms with Gasteiger partial charge in [-0.1, -0.05) is 12.1 Å². The molecule has 7 heteroatoms. The van der Waals surface area contributed by atoms with E-state index >= 15 is 0 Å². The zero-order valence-corrected chi connectivity index (χ0v) is 10.2. The Labute approximate surface area is 114 Å². The second kappa shape index (κ2) is 5.05. The van der Waals surface area contributed by atoms with Crippen LogP contribution in [0.25, 0.3) is 11.1 Å². The van der Waals surface area contributed by atoms with Crippen molar-refractivity contribution in [1.29, 1.82) is 0 Å². The van der Waals surface area contributed by atoms with Crippen molar-refractivity contribution in [3.8, 4) is 11.1 Å². The summed E-state index contributed by atoms with van der Waals surface area (Å²) < 4.78 is 88.5. The van der Waals surface area contributed by atoms with E-state index in [2.05, 4.69) is 0 Å². The molecule has 0 aliphatic rings. The lowest BCUT2D eigenvalue weighted by Gasteiger charge is -2.11. The SMILES string of the molecule is Fc1ccc(C(F)(F)F)cc1-c1ccc(C(F)(F)F)cc1. The average Bonchev–Trinajstić information content (AvgIpc) is 2.37. The molecule has 2 aromatic rings. The van der Waals surface area contributed by atoms with Gasteiger partial charge in [0.05, 0.1) is 11.1 Å². The Morgan fingerprint density at radius 3 is 1.57 bits per heavy atom. The van der Waals surface area contributed by atoms with Gasteiger partial charge in [0.15, 0.2) is 0 Å². The Bertz CT molecular complexity index is 636. The smallest absolute Gasteiger partial charge is 0.206 e. The van der Waals surface area contributed by atoms with Gasteiger partial charge in [-0.15, -0.1) is 0 Å². The molecule has 0 unspecified atom stereocenters. The van der Waals surface area contributed by atoms with Gasteiger partial charge in [0.25, 0.3) is 0 Å². The molecule has 0 atom stereocenters. The summed E-state index contributed by atoms with van der Waals surface area (Å²) in [5, 5.41) is 0. The van der Waals surface area contributed by atoms with Crippen molar-refractivity contribution in [2.24, 2.45) is 0 Å². The molecule has 0 spiro atoms. The topological polar surface area (TPSA) is 0 Å². The molecule has 0 saturated heterocycles. The van der Waals surface area contributed by atoms with Gasteiger partial charge in [0.1, 0.15) is 5.82 Å². The van der Waals surface area contributed by atoms with Crippen LogP contribution in [-0.2, 0) is 12.4 Å². The lowest BCUT2D eigenvalue weighted by molar-refractivity contribution is -0.138. The number of alkyl halides is 6. The highest BCUT2D eigenvalue weighted by molar-refractivity contribution is 5.65. The van der Waals surface area contributed by atoms with Gasteiger partial charge in [-0.2, -0.15) is 26.3 Å². The van der Waals surface area contributed by atoms with Gasteiger partial charge in [0, 0.05) is 5.56 Å². The summed E-state index contributed by atoms with van der Waals surface area (Å²) >= 11 is 0. The molecule has 2 aromatic carbocycles. The summed E-state index contributed by atoms with van der Waals surface area (Å²) in [6.07, 6.45) is -9.22. The molecule has 21 heavy (non-hydrogen) atoms. The van der Waals surface area contributed by atoms with E-state index in [0.717, 1.165) is 12.1 Å². The number of halogens is 7. The van der Waals surface area contributed by atoms with Gasteiger partial charge >= 0.3 is 12.4 Å². The van der Waals surface area contributed by atoms with Crippen LogP contribution in [0.2, 0.25) is 0 Å². The van der Waals surface area contributed by atoms with Crippen LogP contribution in [0.1, 0.15) is 11.1 Å². The number of hydrogen-bond acceptors (Lipinski definition) is 0. The maximum atomic E-state index is 13.6. The molecular weight excluding hydrogens is 301 g/mol. The zero-order chi connectivity index (χ0) is 15.8. The first-order chi connectivity index (χ1) is 9.59. The van der Waals surface area contributed by atoms with Crippen LogP contribution in [0.3, 0.4) is 0 Å². The van der Waals surface area contributed by atoms with E-state index in [1.165, 1.54) is 0 Å². The maximum Gasteiger partial charge on any atom is 0.416 e. The van der Waals surface area contributed by atoms with Crippen LogP contribution in [0.15, 0.2) is 42.5 Å². The molecular formula is C14H7F7. The molecule has 2 rings (SSSR count). The summed E-state index contributed by atoms with van der Waals surface area (Å²) in [6.45, 7) is 0. The molecule has 112 valence electrons. The molecule has 0 amide bonds. The van der Waals surface area contributed by atoms with Gasteiger partial charge < -0.3 is 0 Å². The molecule has 0 bridgehead atoms. The van der Waals surface area contributed by atoms with E-state index in [9.17, 15) is 30.7 Å². The lowest BCUT2D eigenvalue weighted by Crippen LogP contribution is -2.06. The third-order valence-electron chi connectivity index (χ3n) is 2.82. The largest absolute Gasteiger partial charge is 0.416 e. The van der Waals surface area contributed by atoms with E-state index in [1.807, 2.05) is 0 Å². The van der Waals surface area contributed by atoms with Gasteiger partial charge in [0.2, 0.25) is 0 Å². The third kappa shape index (κ3) is 3.34. The van der Waals surface area contributed by atoms with E-state index in [-0.39, 0.29) is 5.56 Å². The minimum atomic E-state index is -4.66. The summed E-state index contributed by atoms with van der Waals surface area (Å²) in [6, 6.07) is 5.02. The van der Waals surface area contributed by atoms with Crippen LogP contribution >= 0.6 is 0 Å². The molecule has 0 aromatic heterocycles. The zero-order valence-electron chi connectivity index (χ0n) is 10.2. The van der Waals surface area contributed by atoms with E-state index in [4.69, 9.17) is 0 Å². The summed E-state index contributed by atoms with van der Waals surface area (Å²) in [5.41, 5.74) is -2.50.